The maximum Gasteiger partial charge on any atom is 0.267 e. The van der Waals surface area contributed by atoms with Crippen LogP contribution in [0.2, 0.25) is 0 Å². The molecule has 0 N–H and O–H groups in total. The Morgan fingerprint density at radius 3 is 2.42 bits per heavy atom. The number of aliphatic imine (C=N–C) groups is 1. The minimum Gasteiger partial charge on any atom is -0.317 e. The third-order valence-corrected chi connectivity index (χ3v) is 5.41. The summed E-state index contributed by atoms with van der Waals surface area (Å²) in [5, 5.41) is 0.785. The predicted octanol–water partition coefficient (Wildman–Crippen LogP) is 5.33. The molecule has 136 valence electrons. The van der Waals surface area contributed by atoms with Crippen LogP contribution < -0.4 is 0 Å². The number of amidine groups is 1. The van der Waals surface area contributed by atoms with Crippen LogP contribution in [0.15, 0.2) is 57.0 Å². The van der Waals surface area contributed by atoms with E-state index in [-0.39, 0.29) is 18.0 Å². The van der Waals surface area contributed by atoms with Crippen molar-refractivity contribution in [2.75, 3.05) is 0 Å². The Kier molecular flexibility index (Phi) is 5.73. The molecule has 1 aromatic heterocycles. The first kappa shape index (κ1) is 19.0. The number of carbonyl (C=O) groups is 1. The molecule has 0 saturated carbocycles. The highest BCUT2D eigenvalue weighted by molar-refractivity contribution is 9.10. The zero-order chi connectivity index (χ0) is 18.8. The second-order valence-electron chi connectivity index (χ2n) is 6.66. The average Bonchev–Trinajstić information content (AvgIpc) is 3.13. The second kappa shape index (κ2) is 7.84. The summed E-state index contributed by atoms with van der Waals surface area (Å²) in [5.74, 6) is 0.0213. The Labute approximate surface area is 167 Å². The first-order chi connectivity index (χ1) is 12.4. The van der Waals surface area contributed by atoms with Crippen LogP contribution in [0.4, 0.5) is 0 Å². The number of hydrogen-bond acceptors (Lipinski definition) is 3. The molecule has 4 nitrogen and oxygen atoms in total. The lowest BCUT2D eigenvalue weighted by atomic mass is 10.3. The lowest BCUT2D eigenvalue weighted by Crippen LogP contribution is -2.35. The van der Waals surface area contributed by atoms with E-state index in [1.54, 1.807) is 4.90 Å². The largest absolute Gasteiger partial charge is 0.317 e. The van der Waals surface area contributed by atoms with Gasteiger partial charge in [-0.3, -0.25) is 14.7 Å². The predicted molar refractivity (Wildman–Crippen MR) is 114 cm³/mol. The van der Waals surface area contributed by atoms with Gasteiger partial charge in [-0.2, -0.15) is 0 Å². The fraction of sp³-hybridized carbons (Fsp3) is 0.300. The van der Waals surface area contributed by atoms with Gasteiger partial charge in [0.2, 0.25) is 0 Å². The summed E-state index contributed by atoms with van der Waals surface area (Å²) in [6, 6.07) is 12.3. The number of benzene rings is 1. The topological polar surface area (TPSA) is 37.6 Å². The molecule has 0 radical (unpaired) electrons. The highest BCUT2D eigenvalue weighted by Crippen LogP contribution is 2.34. The summed E-state index contributed by atoms with van der Waals surface area (Å²) < 4.78 is 3.11. The minimum atomic E-state index is 0.0213. The molecule has 1 aromatic carbocycles. The van der Waals surface area contributed by atoms with Gasteiger partial charge in [0.1, 0.15) is 0 Å². The fourth-order valence-corrected chi connectivity index (χ4v) is 4.22. The number of aromatic nitrogens is 1. The highest BCUT2D eigenvalue weighted by Gasteiger charge is 2.35. The standard InChI is InChI=1S/C20H22BrN3OS/c1-13(2)22-20-24(14(3)4)19(25)18(26-20)12-17-6-5-11-23(17)16-9-7-15(21)8-10-16/h5-14H,1-4H3/b18-12+,22-20?. The molecule has 0 spiro atoms. The molecule has 3 rings (SSSR count). The van der Waals surface area contributed by atoms with Gasteiger partial charge in [-0.05, 0) is 81.9 Å². The normalized spacial score (nSPS) is 18.1. The SMILES string of the molecule is CC(C)N=C1S/C(=C/c2cccn2-c2ccc(Br)cc2)C(=O)N1C(C)C. The number of thioether (sulfide) groups is 1. The van der Waals surface area contributed by atoms with E-state index in [1.165, 1.54) is 11.8 Å². The number of halogens is 1. The van der Waals surface area contributed by atoms with Crippen molar-refractivity contribution in [1.82, 2.24) is 9.47 Å². The smallest absolute Gasteiger partial charge is 0.267 e. The molecule has 1 aliphatic rings. The molecule has 1 aliphatic heterocycles. The summed E-state index contributed by atoms with van der Waals surface area (Å²) in [6.45, 7) is 8.08. The van der Waals surface area contributed by atoms with Crippen LogP contribution in [0.1, 0.15) is 33.4 Å². The monoisotopic (exact) mass is 431 g/mol. The molecule has 0 aliphatic carbocycles. The molecule has 1 saturated heterocycles. The molecule has 0 bridgehead atoms. The molecular formula is C20H22BrN3OS. The van der Waals surface area contributed by atoms with E-state index in [1.807, 2.05) is 76.4 Å². The molecule has 2 heterocycles. The van der Waals surface area contributed by atoms with E-state index in [9.17, 15) is 4.79 Å². The van der Waals surface area contributed by atoms with E-state index >= 15 is 0 Å². The van der Waals surface area contributed by atoms with Gasteiger partial charge in [0.25, 0.3) is 5.91 Å². The number of carbonyl (C=O) groups excluding carboxylic acids is 1. The molecule has 1 amide bonds. The number of hydrogen-bond donors (Lipinski definition) is 0. The van der Waals surface area contributed by atoms with Gasteiger partial charge in [0.05, 0.1) is 4.91 Å². The Morgan fingerprint density at radius 2 is 1.81 bits per heavy atom. The molecule has 2 aromatic rings. The van der Waals surface area contributed by atoms with Crippen LogP contribution in [-0.2, 0) is 4.79 Å². The van der Waals surface area contributed by atoms with Crippen LogP contribution in [0, 0.1) is 0 Å². The Hall–Kier alpha value is -1.79. The van der Waals surface area contributed by atoms with Gasteiger partial charge in [0.15, 0.2) is 5.17 Å². The van der Waals surface area contributed by atoms with Crippen LogP contribution in [0.3, 0.4) is 0 Å². The number of rotatable bonds is 4. The van der Waals surface area contributed by atoms with Crippen molar-refractivity contribution in [3.8, 4) is 5.69 Å². The molecular weight excluding hydrogens is 410 g/mol. The molecule has 6 heteroatoms. The maximum atomic E-state index is 12.9. The average molecular weight is 432 g/mol. The first-order valence-electron chi connectivity index (χ1n) is 8.61. The van der Waals surface area contributed by atoms with Crippen LogP contribution >= 0.6 is 27.7 Å². The lowest BCUT2D eigenvalue weighted by Gasteiger charge is -2.20. The van der Waals surface area contributed by atoms with Crippen molar-refractivity contribution in [3.05, 3.63) is 57.7 Å². The lowest BCUT2D eigenvalue weighted by molar-refractivity contribution is -0.123. The Morgan fingerprint density at radius 1 is 1.12 bits per heavy atom. The quantitative estimate of drug-likeness (QED) is 0.613. The number of amides is 1. The zero-order valence-electron chi connectivity index (χ0n) is 15.3. The summed E-state index contributed by atoms with van der Waals surface area (Å²) in [4.78, 5) is 20.0. The minimum absolute atomic E-state index is 0.0213. The van der Waals surface area contributed by atoms with Gasteiger partial charge in [-0.1, -0.05) is 15.9 Å². The van der Waals surface area contributed by atoms with Crippen molar-refractivity contribution >= 4 is 44.8 Å². The maximum absolute atomic E-state index is 12.9. The third kappa shape index (κ3) is 3.96. The van der Waals surface area contributed by atoms with E-state index in [2.05, 4.69) is 25.5 Å². The van der Waals surface area contributed by atoms with E-state index in [4.69, 9.17) is 0 Å². The van der Waals surface area contributed by atoms with Gasteiger partial charge in [-0.25, -0.2) is 0 Å². The zero-order valence-corrected chi connectivity index (χ0v) is 17.7. The molecule has 1 fully saturated rings. The van der Waals surface area contributed by atoms with Gasteiger partial charge in [0, 0.05) is 34.1 Å². The fourth-order valence-electron chi connectivity index (χ4n) is 2.74. The van der Waals surface area contributed by atoms with Crippen molar-refractivity contribution in [2.24, 2.45) is 4.99 Å². The molecule has 0 unspecified atom stereocenters. The Bertz CT molecular complexity index is 865. The van der Waals surface area contributed by atoms with E-state index < -0.39 is 0 Å². The highest BCUT2D eigenvalue weighted by atomic mass is 79.9. The second-order valence-corrected chi connectivity index (χ2v) is 8.59. The van der Waals surface area contributed by atoms with Crippen LogP contribution in [0.25, 0.3) is 11.8 Å². The summed E-state index contributed by atoms with van der Waals surface area (Å²) >= 11 is 4.92. The van der Waals surface area contributed by atoms with Crippen molar-refractivity contribution < 1.29 is 4.79 Å². The van der Waals surface area contributed by atoms with E-state index in [0.29, 0.717) is 4.91 Å². The van der Waals surface area contributed by atoms with Crippen molar-refractivity contribution in [3.63, 3.8) is 0 Å². The van der Waals surface area contributed by atoms with Crippen molar-refractivity contribution in [2.45, 2.75) is 39.8 Å². The number of nitrogens with zero attached hydrogens (tertiary/aromatic N) is 3. The Balaban J connectivity index is 1.97. The van der Waals surface area contributed by atoms with Crippen molar-refractivity contribution in [1.29, 1.82) is 0 Å². The molecule has 26 heavy (non-hydrogen) atoms. The van der Waals surface area contributed by atoms with Gasteiger partial charge < -0.3 is 4.57 Å². The van der Waals surface area contributed by atoms with Crippen LogP contribution in [-0.4, -0.2) is 32.6 Å². The van der Waals surface area contributed by atoms with E-state index in [0.717, 1.165) is 21.0 Å². The van der Waals surface area contributed by atoms with Crippen LogP contribution in [0.5, 0.6) is 0 Å². The van der Waals surface area contributed by atoms with Gasteiger partial charge >= 0.3 is 0 Å². The molecule has 0 atom stereocenters. The summed E-state index contributed by atoms with van der Waals surface area (Å²) in [6.07, 6.45) is 3.95. The third-order valence-electron chi connectivity index (χ3n) is 3.89. The first-order valence-corrected chi connectivity index (χ1v) is 10.2. The van der Waals surface area contributed by atoms with Gasteiger partial charge in [-0.15, -0.1) is 0 Å². The summed E-state index contributed by atoms with van der Waals surface area (Å²) in [7, 11) is 0. The summed E-state index contributed by atoms with van der Waals surface area (Å²) in [5.41, 5.74) is 2.02.